The van der Waals surface area contributed by atoms with E-state index in [4.69, 9.17) is 4.74 Å². The number of amides is 1. The number of rotatable bonds is 6. The third-order valence-corrected chi connectivity index (χ3v) is 4.73. The predicted molar refractivity (Wildman–Crippen MR) is 96.1 cm³/mol. The van der Waals surface area contributed by atoms with Gasteiger partial charge in [-0.3, -0.25) is 14.9 Å². The molecule has 0 bridgehead atoms. The maximum absolute atomic E-state index is 11.5. The minimum Gasteiger partial charge on any atom is -0.496 e. The van der Waals surface area contributed by atoms with Gasteiger partial charge in [0.25, 0.3) is 5.69 Å². The van der Waals surface area contributed by atoms with Crippen LogP contribution in [0.25, 0.3) is 11.1 Å². The zero-order valence-corrected chi connectivity index (χ0v) is 14.3. The van der Waals surface area contributed by atoms with E-state index in [0.717, 1.165) is 5.56 Å². The number of hydrogen-bond donors (Lipinski definition) is 2. The van der Waals surface area contributed by atoms with Gasteiger partial charge in [-0.2, -0.15) is 0 Å². The molecule has 1 fully saturated rings. The van der Waals surface area contributed by atoms with Crippen LogP contribution < -0.4 is 10.1 Å². The molecule has 1 aliphatic heterocycles. The summed E-state index contributed by atoms with van der Waals surface area (Å²) in [7, 11) is 1.54. The molecule has 2 atom stereocenters. The molecule has 7 heteroatoms. The summed E-state index contributed by atoms with van der Waals surface area (Å²) < 4.78 is 5.41. The SMILES string of the molecule is COc1ccc(C(CO)[C@@H]2CCC(=O)N2)cc1-c1cccc([N+](=O)[O-])c1. The van der Waals surface area contributed by atoms with Gasteiger partial charge in [-0.15, -0.1) is 0 Å². The summed E-state index contributed by atoms with van der Waals surface area (Å²) in [5.41, 5.74) is 2.21. The van der Waals surface area contributed by atoms with E-state index >= 15 is 0 Å². The molecule has 1 amide bonds. The van der Waals surface area contributed by atoms with Gasteiger partial charge < -0.3 is 15.2 Å². The standard InChI is InChI=1S/C19H20N2O5/c1-26-18-7-5-13(16(11-22)17-6-8-19(23)20-17)10-15(18)12-3-2-4-14(9-12)21(24)25/h2-5,7,9-10,16-17,22H,6,8,11H2,1H3,(H,20,23)/t16?,17-/m0/s1. The molecule has 3 rings (SSSR count). The number of nitro benzene ring substituents is 1. The van der Waals surface area contributed by atoms with Crippen molar-refractivity contribution in [2.45, 2.75) is 24.8 Å². The van der Waals surface area contributed by atoms with Crippen molar-refractivity contribution in [1.82, 2.24) is 5.32 Å². The monoisotopic (exact) mass is 356 g/mol. The van der Waals surface area contributed by atoms with Crippen LogP contribution in [-0.4, -0.2) is 35.7 Å². The molecule has 1 aliphatic rings. The molecule has 2 aromatic carbocycles. The lowest BCUT2D eigenvalue weighted by Crippen LogP contribution is -2.33. The van der Waals surface area contributed by atoms with E-state index in [1.165, 1.54) is 19.2 Å². The van der Waals surface area contributed by atoms with Gasteiger partial charge >= 0.3 is 0 Å². The van der Waals surface area contributed by atoms with Gasteiger partial charge in [0.15, 0.2) is 0 Å². The molecule has 1 saturated heterocycles. The van der Waals surface area contributed by atoms with E-state index in [1.807, 2.05) is 12.1 Å². The number of carbonyl (C=O) groups is 1. The second-order valence-corrected chi connectivity index (χ2v) is 6.27. The molecule has 2 N–H and O–H groups in total. The van der Waals surface area contributed by atoms with Crippen molar-refractivity contribution >= 4 is 11.6 Å². The smallest absolute Gasteiger partial charge is 0.270 e. The Morgan fingerprint density at radius 3 is 2.77 bits per heavy atom. The van der Waals surface area contributed by atoms with E-state index in [9.17, 15) is 20.0 Å². The van der Waals surface area contributed by atoms with E-state index < -0.39 is 4.92 Å². The number of nitro groups is 1. The van der Waals surface area contributed by atoms with Gasteiger partial charge in [-0.25, -0.2) is 0 Å². The molecule has 1 unspecified atom stereocenters. The Morgan fingerprint density at radius 2 is 2.15 bits per heavy atom. The second kappa shape index (κ2) is 7.53. The molecule has 2 aromatic rings. The first-order valence-corrected chi connectivity index (χ1v) is 8.36. The van der Waals surface area contributed by atoms with Crippen LogP contribution in [-0.2, 0) is 4.79 Å². The Bertz CT molecular complexity index is 836. The van der Waals surface area contributed by atoms with Gasteiger partial charge in [-0.05, 0) is 29.7 Å². The highest BCUT2D eigenvalue weighted by molar-refractivity contribution is 5.79. The Balaban J connectivity index is 2.02. The van der Waals surface area contributed by atoms with Crippen molar-refractivity contribution in [3.8, 4) is 16.9 Å². The van der Waals surface area contributed by atoms with Crippen molar-refractivity contribution in [3.05, 3.63) is 58.1 Å². The van der Waals surface area contributed by atoms with Gasteiger partial charge in [0.2, 0.25) is 5.91 Å². The topological polar surface area (TPSA) is 102 Å². The molecule has 7 nitrogen and oxygen atoms in total. The first-order valence-electron chi connectivity index (χ1n) is 8.36. The number of benzene rings is 2. The van der Waals surface area contributed by atoms with E-state index in [-0.39, 0.29) is 30.2 Å². The number of hydrogen-bond acceptors (Lipinski definition) is 5. The van der Waals surface area contributed by atoms with E-state index in [0.29, 0.717) is 29.7 Å². The number of carbonyl (C=O) groups excluding carboxylic acids is 1. The lowest BCUT2D eigenvalue weighted by atomic mass is 9.89. The maximum Gasteiger partial charge on any atom is 0.270 e. The van der Waals surface area contributed by atoms with Crippen LogP contribution in [0.15, 0.2) is 42.5 Å². The average Bonchev–Trinajstić information content (AvgIpc) is 3.08. The van der Waals surface area contributed by atoms with E-state index in [2.05, 4.69) is 5.32 Å². The van der Waals surface area contributed by atoms with Crippen LogP contribution in [0.1, 0.15) is 24.3 Å². The largest absolute Gasteiger partial charge is 0.496 e. The maximum atomic E-state index is 11.5. The van der Waals surface area contributed by atoms with Crippen molar-refractivity contribution in [2.24, 2.45) is 0 Å². The average molecular weight is 356 g/mol. The Morgan fingerprint density at radius 1 is 1.35 bits per heavy atom. The molecule has 0 aliphatic carbocycles. The summed E-state index contributed by atoms with van der Waals surface area (Å²) in [6.07, 6.45) is 1.12. The molecule has 0 saturated carbocycles. The van der Waals surface area contributed by atoms with Gasteiger partial charge in [0.05, 0.1) is 18.6 Å². The lowest BCUT2D eigenvalue weighted by Gasteiger charge is -2.23. The van der Waals surface area contributed by atoms with Crippen LogP contribution >= 0.6 is 0 Å². The third-order valence-electron chi connectivity index (χ3n) is 4.73. The Hall–Kier alpha value is -2.93. The van der Waals surface area contributed by atoms with Gasteiger partial charge in [0, 0.05) is 36.1 Å². The fraction of sp³-hybridized carbons (Fsp3) is 0.316. The van der Waals surface area contributed by atoms with Crippen molar-refractivity contribution < 1.29 is 19.6 Å². The van der Waals surface area contributed by atoms with Crippen LogP contribution in [0.2, 0.25) is 0 Å². The molecule has 26 heavy (non-hydrogen) atoms. The quantitative estimate of drug-likeness (QED) is 0.612. The van der Waals surface area contributed by atoms with Gasteiger partial charge in [0.1, 0.15) is 5.75 Å². The molecule has 1 heterocycles. The fourth-order valence-corrected chi connectivity index (χ4v) is 3.37. The Kier molecular flexibility index (Phi) is 5.18. The highest BCUT2D eigenvalue weighted by Gasteiger charge is 2.30. The molecular formula is C19H20N2O5. The third kappa shape index (κ3) is 3.52. The number of aliphatic hydroxyl groups excluding tert-OH is 1. The minimum absolute atomic E-state index is 0.00304. The number of non-ortho nitro benzene ring substituents is 1. The van der Waals surface area contributed by atoms with Crippen LogP contribution in [0.3, 0.4) is 0 Å². The van der Waals surface area contributed by atoms with Crippen LogP contribution in [0.4, 0.5) is 5.69 Å². The lowest BCUT2D eigenvalue weighted by molar-refractivity contribution is -0.384. The molecule has 0 spiro atoms. The van der Waals surface area contributed by atoms with E-state index in [1.54, 1.807) is 18.2 Å². The minimum atomic E-state index is -0.440. The van der Waals surface area contributed by atoms with Crippen LogP contribution in [0, 0.1) is 10.1 Å². The summed E-state index contributed by atoms with van der Waals surface area (Å²) in [5, 5.41) is 23.8. The number of nitrogens with one attached hydrogen (secondary N) is 1. The van der Waals surface area contributed by atoms with Crippen LogP contribution in [0.5, 0.6) is 5.75 Å². The van der Waals surface area contributed by atoms with Crippen molar-refractivity contribution in [3.63, 3.8) is 0 Å². The second-order valence-electron chi connectivity index (χ2n) is 6.27. The first-order chi connectivity index (χ1) is 12.5. The normalized spacial score (nSPS) is 17.6. The van der Waals surface area contributed by atoms with Crippen molar-refractivity contribution in [1.29, 1.82) is 0 Å². The first kappa shape index (κ1) is 17.9. The summed E-state index contributed by atoms with van der Waals surface area (Å²) in [5.74, 6) is 0.326. The number of aliphatic hydroxyl groups is 1. The zero-order chi connectivity index (χ0) is 18.7. The Labute approximate surface area is 150 Å². The number of methoxy groups -OCH3 is 1. The number of ether oxygens (including phenoxy) is 1. The zero-order valence-electron chi connectivity index (χ0n) is 14.3. The highest BCUT2D eigenvalue weighted by Crippen LogP contribution is 2.36. The highest BCUT2D eigenvalue weighted by atomic mass is 16.6. The summed E-state index contributed by atoms with van der Waals surface area (Å²) >= 11 is 0. The molecule has 0 radical (unpaired) electrons. The molecule has 0 aromatic heterocycles. The summed E-state index contributed by atoms with van der Waals surface area (Å²) in [6, 6.07) is 11.7. The molecule has 136 valence electrons. The fourth-order valence-electron chi connectivity index (χ4n) is 3.37. The molecular weight excluding hydrogens is 336 g/mol. The van der Waals surface area contributed by atoms with Crippen molar-refractivity contribution in [2.75, 3.05) is 13.7 Å². The summed E-state index contributed by atoms with van der Waals surface area (Å²) in [4.78, 5) is 22.1. The summed E-state index contributed by atoms with van der Waals surface area (Å²) in [6.45, 7) is -0.106. The predicted octanol–water partition coefficient (Wildman–Crippen LogP) is 2.62. The van der Waals surface area contributed by atoms with Gasteiger partial charge in [-0.1, -0.05) is 18.2 Å². The number of nitrogens with zero attached hydrogens (tertiary/aromatic N) is 1.